The highest BCUT2D eigenvalue weighted by molar-refractivity contribution is 6.31. The summed E-state index contributed by atoms with van der Waals surface area (Å²) in [5, 5.41) is 6.99. The predicted octanol–water partition coefficient (Wildman–Crippen LogP) is 3.55. The molecule has 2 aromatic rings. The molecule has 1 aliphatic carbocycles. The minimum absolute atomic E-state index is 0.104. The van der Waals surface area contributed by atoms with Crippen molar-refractivity contribution in [2.45, 2.75) is 18.2 Å². The van der Waals surface area contributed by atoms with Gasteiger partial charge in [0.2, 0.25) is 0 Å². The summed E-state index contributed by atoms with van der Waals surface area (Å²) in [7, 11) is 4.01. The van der Waals surface area contributed by atoms with Crippen molar-refractivity contribution in [3.05, 3.63) is 58.7 Å². The van der Waals surface area contributed by atoms with Gasteiger partial charge in [0.05, 0.1) is 11.1 Å². The Bertz CT molecular complexity index is 1010. The monoisotopic (exact) mass is 454 g/mol. The van der Waals surface area contributed by atoms with E-state index < -0.39 is 0 Å². The summed E-state index contributed by atoms with van der Waals surface area (Å²) in [4.78, 5) is 31.3. The van der Waals surface area contributed by atoms with Crippen molar-refractivity contribution >= 4 is 34.5 Å². The molecule has 2 aliphatic rings. The Kier molecular flexibility index (Phi) is 7.13. The highest BCUT2D eigenvalue weighted by Gasteiger charge is 2.33. The zero-order valence-corrected chi connectivity index (χ0v) is 19.5. The number of benzene rings is 2. The molecule has 0 radical (unpaired) electrons. The van der Waals surface area contributed by atoms with E-state index in [0.29, 0.717) is 46.7 Å². The number of nitrogens with zero attached hydrogens (tertiary/aromatic N) is 2. The zero-order valence-electron chi connectivity index (χ0n) is 18.8. The number of likely N-dealkylation sites (N-methyl/N-ethyl adjacent to an activating group) is 1. The fourth-order valence-electron chi connectivity index (χ4n) is 4.48. The van der Waals surface area contributed by atoms with Crippen LogP contribution < -0.4 is 10.6 Å². The van der Waals surface area contributed by atoms with Crippen LogP contribution in [-0.2, 0) is 0 Å². The van der Waals surface area contributed by atoms with E-state index in [9.17, 15) is 9.59 Å². The molecular formula is C25H31ClN4O2. The van der Waals surface area contributed by atoms with E-state index in [4.69, 9.17) is 11.6 Å². The number of halogens is 1. The van der Waals surface area contributed by atoms with Crippen LogP contribution in [-0.4, -0.2) is 80.1 Å². The number of piperidine rings is 1. The molecule has 2 aromatic carbocycles. The zero-order chi connectivity index (χ0) is 22.7. The van der Waals surface area contributed by atoms with Gasteiger partial charge in [-0.05, 0) is 45.6 Å². The van der Waals surface area contributed by atoms with Gasteiger partial charge in [-0.3, -0.25) is 9.59 Å². The molecule has 1 aliphatic heterocycles. The lowest BCUT2D eigenvalue weighted by molar-refractivity contribution is 0.0980. The molecule has 1 unspecified atom stereocenters. The number of nitrogens with one attached hydrogen (secondary N) is 2. The van der Waals surface area contributed by atoms with Crippen molar-refractivity contribution in [1.82, 2.24) is 9.80 Å². The molecule has 7 heteroatoms. The molecule has 6 nitrogen and oxygen atoms in total. The van der Waals surface area contributed by atoms with E-state index in [1.54, 1.807) is 24.3 Å². The topological polar surface area (TPSA) is 64.7 Å². The van der Waals surface area contributed by atoms with Gasteiger partial charge in [0.25, 0.3) is 0 Å². The lowest BCUT2D eigenvalue weighted by atomic mass is 9.82. The molecule has 170 valence electrons. The molecule has 1 atom stereocenters. The van der Waals surface area contributed by atoms with Crippen molar-refractivity contribution < 1.29 is 9.59 Å². The molecule has 0 spiro atoms. The standard InChI is InChI=1S/C25H31ClN4O2/c1-29(2)14-11-27-20-9-10-21(28-12-15-30-13-5-6-17(26)16-30)23-22(20)24(31)18-7-3-4-8-19(18)25(23)32/h3-4,7-10,17,27-28H,5-6,11-16H2,1-2H3. The van der Waals surface area contributed by atoms with E-state index in [1.807, 2.05) is 26.2 Å². The van der Waals surface area contributed by atoms with Crippen LogP contribution in [0, 0.1) is 0 Å². The largest absolute Gasteiger partial charge is 0.383 e. The third-order valence-corrected chi connectivity index (χ3v) is 6.50. The van der Waals surface area contributed by atoms with Gasteiger partial charge >= 0.3 is 0 Å². The minimum Gasteiger partial charge on any atom is -0.383 e. The maximum absolute atomic E-state index is 13.5. The Balaban J connectivity index is 1.60. The number of ketones is 2. The van der Waals surface area contributed by atoms with Crippen molar-refractivity contribution in [1.29, 1.82) is 0 Å². The first-order valence-corrected chi connectivity index (χ1v) is 11.7. The maximum Gasteiger partial charge on any atom is 0.196 e. The summed E-state index contributed by atoms with van der Waals surface area (Å²) in [6, 6.07) is 10.9. The fraction of sp³-hybridized carbons (Fsp3) is 0.440. The van der Waals surface area contributed by atoms with Crippen LogP contribution in [0.2, 0.25) is 0 Å². The molecule has 1 heterocycles. The van der Waals surface area contributed by atoms with Gasteiger partial charge in [-0.15, -0.1) is 11.6 Å². The van der Waals surface area contributed by atoms with Gasteiger partial charge in [-0.2, -0.15) is 0 Å². The molecule has 1 saturated heterocycles. The molecule has 32 heavy (non-hydrogen) atoms. The third kappa shape index (κ3) is 4.82. The number of rotatable bonds is 8. The second-order valence-corrected chi connectivity index (χ2v) is 9.43. The van der Waals surface area contributed by atoms with Gasteiger partial charge in [-0.25, -0.2) is 0 Å². The van der Waals surface area contributed by atoms with Gasteiger partial charge in [-0.1, -0.05) is 24.3 Å². The number of carbonyl (C=O) groups is 2. The SMILES string of the molecule is CN(C)CCNc1ccc(NCCN2CCCC(Cl)C2)c2c1C(=O)c1ccccc1C2=O. The summed E-state index contributed by atoms with van der Waals surface area (Å²) in [6.45, 7) is 4.98. The molecule has 0 amide bonds. The van der Waals surface area contributed by atoms with E-state index in [1.165, 1.54) is 0 Å². The van der Waals surface area contributed by atoms with Crippen LogP contribution >= 0.6 is 11.6 Å². The van der Waals surface area contributed by atoms with Crippen molar-refractivity contribution in [2.75, 3.05) is 64.0 Å². The molecule has 0 saturated carbocycles. The first kappa shape index (κ1) is 22.8. The lowest BCUT2D eigenvalue weighted by Crippen LogP contribution is -2.38. The van der Waals surface area contributed by atoms with E-state index >= 15 is 0 Å². The highest BCUT2D eigenvalue weighted by atomic mass is 35.5. The number of fused-ring (bicyclic) bond motifs is 2. The molecule has 4 rings (SSSR count). The molecular weight excluding hydrogens is 424 g/mol. The van der Waals surface area contributed by atoms with Crippen LogP contribution in [0.15, 0.2) is 36.4 Å². The number of likely N-dealkylation sites (tertiary alicyclic amines) is 1. The first-order valence-electron chi connectivity index (χ1n) is 11.3. The Labute approximate surface area is 194 Å². The molecule has 1 fully saturated rings. The normalized spacial score (nSPS) is 18.4. The van der Waals surface area contributed by atoms with Crippen molar-refractivity contribution in [3.63, 3.8) is 0 Å². The second kappa shape index (κ2) is 10.0. The average Bonchev–Trinajstić information content (AvgIpc) is 2.78. The molecule has 0 bridgehead atoms. The Hall–Kier alpha value is -2.41. The summed E-state index contributed by atoms with van der Waals surface area (Å²) in [5.41, 5.74) is 3.30. The Morgan fingerprint density at radius 2 is 1.56 bits per heavy atom. The number of anilines is 2. The minimum atomic E-state index is -0.104. The number of carbonyl (C=O) groups excluding carboxylic acids is 2. The average molecular weight is 455 g/mol. The quantitative estimate of drug-likeness (QED) is 0.507. The smallest absolute Gasteiger partial charge is 0.196 e. The summed E-state index contributed by atoms with van der Waals surface area (Å²) in [6.07, 6.45) is 2.18. The lowest BCUT2D eigenvalue weighted by Gasteiger charge is -2.30. The van der Waals surface area contributed by atoms with Gasteiger partial charge in [0, 0.05) is 60.6 Å². The third-order valence-electron chi connectivity index (χ3n) is 6.14. The van der Waals surface area contributed by atoms with Crippen LogP contribution in [0.25, 0.3) is 0 Å². The van der Waals surface area contributed by atoms with Crippen LogP contribution in [0.4, 0.5) is 11.4 Å². The first-order chi connectivity index (χ1) is 15.5. The van der Waals surface area contributed by atoms with Crippen LogP contribution in [0.3, 0.4) is 0 Å². The number of alkyl halides is 1. The van der Waals surface area contributed by atoms with Crippen LogP contribution in [0.5, 0.6) is 0 Å². The predicted molar refractivity (Wildman–Crippen MR) is 131 cm³/mol. The molecule has 2 N–H and O–H groups in total. The fourth-order valence-corrected chi connectivity index (χ4v) is 4.83. The summed E-state index contributed by atoms with van der Waals surface area (Å²) < 4.78 is 0. The summed E-state index contributed by atoms with van der Waals surface area (Å²) in [5.74, 6) is -0.208. The van der Waals surface area contributed by atoms with Crippen molar-refractivity contribution in [3.8, 4) is 0 Å². The molecule has 0 aromatic heterocycles. The number of hydrogen-bond donors (Lipinski definition) is 2. The highest BCUT2D eigenvalue weighted by Crippen LogP contribution is 2.36. The van der Waals surface area contributed by atoms with E-state index in [2.05, 4.69) is 20.4 Å². The second-order valence-electron chi connectivity index (χ2n) is 8.81. The van der Waals surface area contributed by atoms with Gasteiger partial charge < -0.3 is 20.4 Å². The summed E-state index contributed by atoms with van der Waals surface area (Å²) >= 11 is 6.31. The van der Waals surface area contributed by atoms with Crippen molar-refractivity contribution in [2.24, 2.45) is 0 Å². The van der Waals surface area contributed by atoms with Gasteiger partial charge in [0.15, 0.2) is 11.6 Å². The van der Waals surface area contributed by atoms with E-state index in [-0.39, 0.29) is 16.9 Å². The number of hydrogen-bond acceptors (Lipinski definition) is 6. The van der Waals surface area contributed by atoms with E-state index in [0.717, 1.165) is 39.0 Å². The Morgan fingerprint density at radius 3 is 2.12 bits per heavy atom. The van der Waals surface area contributed by atoms with Gasteiger partial charge in [0.1, 0.15) is 0 Å². The Morgan fingerprint density at radius 1 is 0.969 bits per heavy atom. The maximum atomic E-state index is 13.5. The van der Waals surface area contributed by atoms with Crippen LogP contribution in [0.1, 0.15) is 44.7 Å².